The number of anilines is 1. The highest BCUT2D eigenvalue weighted by Crippen LogP contribution is 2.28. The molecule has 1 N–H and O–H groups in total. The maximum absolute atomic E-state index is 12.4. The van der Waals surface area contributed by atoms with Crippen LogP contribution in [-0.2, 0) is 14.3 Å². The molecule has 0 radical (unpaired) electrons. The highest BCUT2D eigenvalue weighted by molar-refractivity contribution is 6.25. The molecule has 0 atom stereocenters. The molecule has 3 rings (SSSR count). The van der Waals surface area contributed by atoms with Crippen molar-refractivity contribution < 1.29 is 24.2 Å². The Labute approximate surface area is 156 Å². The van der Waals surface area contributed by atoms with Gasteiger partial charge in [-0.15, -0.1) is 0 Å². The summed E-state index contributed by atoms with van der Waals surface area (Å²) in [5.74, 6) is -1.85. The Balaban J connectivity index is 1.81. The number of carboxylic acid groups (broad SMARTS) is 1. The number of carbonyl (C=O) groups is 2. The molecule has 1 heterocycles. The average Bonchev–Trinajstić information content (AvgIpc) is 2.97. The molecule has 6 nitrogen and oxygen atoms in total. The second-order valence-corrected chi connectivity index (χ2v) is 5.84. The van der Waals surface area contributed by atoms with Gasteiger partial charge in [-0.2, -0.15) is 0 Å². The van der Waals surface area contributed by atoms with Crippen molar-refractivity contribution in [2.75, 3.05) is 11.9 Å². The lowest BCUT2D eigenvalue weighted by molar-refractivity contribution is -0.298. The van der Waals surface area contributed by atoms with E-state index in [1.807, 2.05) is 13.0 Å². The van der Waals surface area contributed by atoms with Gasteiger partial charge in [0.05, 0.1) is 12.6 Å². The lowest BCUT2D eigenvalue weighted by Gasteiger charge is -2.09. The van der Waals surface area contributed by atoms with E-state index in [4.69, 9.17) is 9.47 Å². The maximum atomic E-state index is 12.4. The third-order valence-electron chi connectivity index (χ3n) is 3.78. The summed E-state index contributed by atoms with van der Waals surface area (Å²) in [5.41, 5.74) is 0.742. The standard InChI is InChI=1S/C21H19NO5/c1-2-12-26-16-10-8-14(9-11-16)13-17-19(23)18(21(24)25)20(27-17)22-15-6-4-3-5-7-15/h3-11,13,22H,2,12H2,1H3,(H,24,25)/p-1/b17-13-. The molecule has 2 aromatic rings. The number of para-hydroxylation sites is 1. The van der Waals surface area contributed by atoms with E-state index >= 15 is 0 Å². The van der Waals surface area contributed by atoms with Gasteiger partial charge in [-0.1, -0.05) is 37.3 Å². The smallest absolute Gasteiger partial charge is 0.235 e. The normalized spacial score (nSPS) is 15.0. The molecule has 0 saturated heterocycles. The van der Waals surface area contributed by atoms with Gasteiger partial charge in [0.1, 0.15) is 11.3 Å². The zero-order valence-corrected chi connectivity index (χ0v) is 14.7. The van der Waals surface area contributed by atoms with Crippen LogP contribution in [0.5, 0.6) is 5.75 Å². The molecule has 0 fully saturated rings. The molecule has 0 bridgehead atoms. The molecule has 6 heteroatoms. The Kier molecular flexibility index (Phi) is 5.56. The predicted molar refractivity (Wildman–Crippen MR) is 98.4 cm³/mol. The molecular weight excluding hydrogens is 346 g/mol. The number of benzene rings is 2. The van der Waals surface area contributed by atoms with E-state index in [1.165, 1.54) is 6.08 Å². The quantitative estimate of drug-likeness (QED) is 0.600. The fourth-order valence-corrected chi connectivity index (χ4v) is 2.49. The van der Waals surface area contributed by atoms with Crippen molar-refractivity contribution in [1.29, 1.82) is 0 Å². The summed E-state index contributed by atoms with van der Waals surface area (Å²) in [6.07, 6.45) is 2.39. The second kappa shape index (κ2) is 8.23. The van der Waals surface area contributed by atoms with Crippen LogP contribution in [0.25, 0.3) is 6.08 Å². The van der Waals surface area contributed by atoms with E-state index in [2.05, 4.69) is 5.32 Å². The molecule has 1 aliphatic rings. The number of hydrogen-bond donors (Lipinski definition) is 1. The number of nitrogens with one attached hydrogen (secondary N) is 1. The highest BCUT2D eigenvalue weighted by Gasteiger charge is 2.31. The number of hydrogen-bond acceptors (Lipinski definition) is 6. The van der Waals surface area contributed by atoms with Gasteiger partial charge < -0.3 is 24.7 Å². The maximum Gasteiger partial charge on any atom is 0.235 e. The van der Waals surface area contributed by atoms with Crippen molar-refractivity contribution in [3.8, 4) is 5.75 Å². The van der Waals surface area contributed by atoms with E-state index < -0.39 is 17.3 Å². The molecule has 0 aliphatic carbocycles. The van der Waals surface area contributed by atoms with Crippen LogP contribution < -0.4 is 15.2 Å². The number of Topliss-reactive ketones (excluding diaryl/α,β-unsaturated/α-hetero) is 1. The van der Waals surface area contributed by atoms with Crippen LogP contribution in [-0.4, -0.2) is 18.4 Å². The van der Waals surface area contributed by atoms with Crippen LogP contribution >= 0.6 is 0 Å². The van der Waals surface area contributed by atoms with E-state index in [1.54, 1.807) is 48.5 Å². The van der Waals surface area contributed by atoms with Gasteiger partial charge in [0.15, 0.2) is 5.76 Å². The number of rotatable bonds is 7. The third-order valence-corrected chi connectivity index (χ3v) is 3.78. The van der Waals surface area contributed by atoms with Gasteiger partial charge in [-0.3, -0.25) is 4.79 Å². The Morgan fingerprint density at radius 2 is 1.85 bits per heavy atom. The molecular formula is C21H18NO5-. The first-order valence-electron chi connectivity index (χ1n) is 8.53. The minimum absolute atomic E-state index is 0.0881. The van der Waals surface area contributed by atoms with Crippen LogP contribution in [0.3, 0.4) is 0 Å². The largest absolute Gasteiger partial charge is 0.544 e. The lowest BCUT2D eigenvalue weighted by Crippen LogP contribution is -2.28. The Bertz CT molecular complexity index is 898. The van der Waals surface area contributed by atoms with Gasteiger partial charge >= 0.3 is 0 Å². The topological polar surface area (TPSA) is 87.7 Å². The number of carbonyl (C=O) groups excluding carboxylic acids is 2. The van der Waals surface area contributed by atoms with Crippen molar-refractivity contribution in [3.05, 3.63) is 77.4 Å². The van der Waals surface area contributed by atoms with Gasteiger partial charge in [0.2, 0.25) is 11.7 Å². The zero-order chi connectivity index (χ0) is 19.2. The van der Waals surface area contributed by atoms with Crippen molar-refractivity contribution in [2.45, 2.75) is 13.3 Å². The molecule has 138 valence electrons. The minimum Gasteiger partial charge on any atom is -0.544 e. The van der Waals surface area contributed by atoms with Crippen LogP contribution in [0.4, 0.5) is 5.69 Å². The zero-order valence-electron chi connectivity index (χ0n) is 14.7. The fourth-order valence-electron chi connectivity index (χ4n) is 2.49. The lowest BCUT2D eigenvalue weighted by atomic mass is 10.1. The predicted octanol–water partition coefficient (Wildman–Crippen LogP) is 2.49. The SMILES string of the molecule is CCCOc1ccc(/C=C2\OC(Nc3ccccc3)=C(C(=O)[O-])C2=O)cc1. The summed E-state index contributed by atoms with van der Waals surface area (Å²) in [7, 11) is 0. The number of ketones is 1. The molecule has 2 aromatic carbocycles. The number of allylic oxidation sites excluding steroid dienone is 1. The van der Waals surface area contributed by atoms with Gasteiger partial charge in [0, 0.05) is 5.69 Å². The molecule has 27 heavy (non-hydrogen) atoms. The molecule has 0 saturated carbocycles. The summed E-state index contributed by atoms with van der Waals surface area (Å²) in [4.78, 5) is 23.8. The Hall–Kier alpha value is -3.54. The average molecular weight is 364 g/mol. The van der Waals surface area contributed by atoms with E-state index in [-0.39, 0.29) is 11.6 Å². The van der Waals surface area contributed by atoms with Crippen molar-refractivity contribution >= 4 is 23.5 Å². The first kappa shape index (κ1) is 18.3. The first-order valence-corrected chi connectivity index (χ1v) is 8.53. The molecule has 1 aliphatic heterocycles. The van der Waals surface area contributed by atoms with E-state index in [9.17, 15) is 14.7 Å². The van der Waals surface area contributed by atoms with Crippen molar-refractivity contribution in [1.82, 2.24) is 0 Å². The van der Waals surface area contributed by atoms with E-state index in [0.29, 0.717) is 17.9 Å². The van der Waals surface area contributed by atoms with Crippen molar-refractivity contribution in [2.24, 2.45) is 0 Å². The minimum atomic E-state index is -1.59. The molecule has 0 unspecified atom stereocenters. The van der Waals surface area contributed by atoms with E-state index in [0.717, 1.165) is 12.2 Å². The number of carboxylic acids is 1. The molecule has 0 amide bonds. The Morgan fingerprint density at radius 3 is 2.48 bits per heavy atom. The summed E-state index contributed by atoms with van der Waals surface area (Å²) < 4.78 is 11.0. The summed E-state index contributed by atoms with van der Waals surface area (Å²) >= 11 is 0. The summed E-state index contributed by atoms with van der Waals surface area (Å²) in [6, 6.07) is 15.9. The number of aliphatic carboxylic acids is 1. The fraction of sp³-hybridized carbons (Fsp3) is 0.143. The first-order chi connectivity index (χ1) is 13.1. The van der Waals surface area contributed by atoms with Gasteiger partial charge in [-0.05, 0) is 42.3 Å². The summed E-state index contributed by atoms with van der Waals surface area (Å²) in [5, 5.41) is 14.2. The highest BCUT2D eigenvalue weighted by atomic mass is 16.5. The van der Waals surface area contributed by atoms with Gasteiger partial charge in [0.25, 0.3) is 0 Å². The van der Waals surface area contributed by atoms with Crippen molar-refractivity contribution in [3.63, 3.8) is 0 Å². The van der Waals surface area contributed by atoms with Crippen LogP contribution in [0, 0.1) is 0 Å². The van der Waals surface area contributed by atoms with Gasteiger partial charge in [-0.25, -0.2) is 0 Å². The Morgan fingerprint density at radius 1 is 1.15 bits per heavy atom. The third kappa shape index (κ3) is 4.36. The van der Waals surface area contributed by atoms with Crippen LogP contribution in [0.15, 0.2) is 71.8 Å². The number of ether oxygens (including phenoxy) is 2. The molecule has 0 aromatic heterocycles. The monoisotopic (exact) mass is 364 g/mol. The van der Waals surface area contributed by atoms with Crippen LogP contribution in [0.2, 0.25) is 0 Å². The van der Waals surface area contributed by atoms with Crippen LogP contribution in [0.1, 0.15) is 18.9 Å². The second-order valence-electron chi connectivity index (χ2n) is 5.84. The molecule has 0 spiro atoms. The summed E-state index contributed by atoms with van der Waals surface area (Å²) in [6.45, 7) is 2.64.